The predicted octanol–water partition coefficient (Wildman–Crippen LogP) is 4.78. The van der Waals surface area contributed by atoms with E-state index < -0.39 is 6.04 Å². The van der Waals surface area contributed by atoms with E-state index in [1.807, 2.05) is 26.0 Å². The molecule has 7 heteroatoms. The fourth-order valence-corrected chi connectivity index (χ4v) is 3.01. The lowest BCUT2D eigenvalue weighted by Gasteiger charge is -2.20. The van der Waals surface area contributed by atoms with Crippen LogP contribution in [0.2, 0.25) is 5.02 Å². The van der Waals surface area contributed by atoms with E-state index in [0.29, 0.717) is 28.5 Å². The van der Waals surface area contributed by atoms with Gasteiger partial charge in [0.2, 0.25) is 5.91 Å². The second kappa shape index (κ2) is 9.39. The van der Waals surface area contributed by atoms with E-state index in [1.54, 1.807) is 42.6 Å². The molecule has 29 heavy (non-hydrogen) atoms. The smallest absolute Gasteiger partial charge is 0.251 e. The summed E-state index contributed by atoms with van der Waals surface area (Å²) < 4.78 is 5.30. The zero-order valence-corrected chi connectivity index (χ0v) is 16.9. The normalized spacial score (nSPS) is 11.9. The van der Waals surface area contributed by atoms with Gasteiger partial charge in [-0.2, -0.15) is 0 Å². The summed E-state index contributed by atoms with van der Waals surface area (Å²) in [5.74, 6) is 0.223. The molecule has 3 rings (SSSR count). The Balaban J connectivity index is 1.73. The maximum Gasteiger partial charge on any atom is 0.251 e. The number of amides is 2. The molecule has 0 bridgehead atoms. The quantitative estimate of drug-likeness (QED) is 0.586. The zero-order chi connectivity index (χ0) is 20.8. The Bertz CT molecular complexity index is 969. The molecule has 0 fully saturated rings. The molecule has 1 unspecified atom stereocenters. The van der Waals surface area contributed by atoms with Crippen LogP contribution in [0.25, 0.3) is 11.3 Å². The van der Waals surface area contributed by atoms with Crippen LogP contribution in [0, 0.1) is 5.92 Å². The van der Waals surface area contributed by atoms with Gasteiger partial charge in [0.25, 0.3) is 5.91 Å². The van der Waals surface area contributed by atoms with Crippen molar-refractivity contribution in [2.75, 3.05) is 5.32 Å². The van der Waals surface area contributed by atoms with E-state index in [0.717, 1.165) is 5.56 Å². The summed E-state index contributed by atoms with van der Waals surface area (Å²) in [6.45, 7) is 4.00. The van der Waals surface area contributed by atoms with Crippen LogP contribution in [-0.4, -0.2) is 22.8 Å². The van der Waals surface area contributed by atoms with E-state index in [1.165, 1.54) is 6.39 Å². The maximum atomic E-state index is 12.9. The summed E-state index contributed by atoms with van der Waals surface area (Å²) in [5.41, 5.74) is 1.85. The molecule has 0 aliphatic heterocycles. The van der Waals surface area contributed by atoms with Crippen molar-refractivity contribution in [1.82, 2.24) is 10.3 Å². The number of halogens is 1. The van der Waals surface area contributed by atoms with Gasteiger partial charge in [-0.05, 0) is 48.7 Å². The molecular weight excluding hydrogens is 390 g/mol. The number of oxazole rings is 1. The third kappa shape index (κ3) is 5.68. The highest BCUT2D eigenvalue weighted by Crippen LogP contribution is 2.22. The first-order valence-electron chi connectivity index (χ1n) is 9.28. The number of anilines is 1. The van der Waals surface area contributed by atoms with Gasteiger partial charge in [-0.3, -0.25) is 9.59 Å². The molecule has 1 atom stereocenters. The monoisotopic (exact) mass is 411 g/mol. The van der Waals surface area contributed by atoms with Crippen LogP contribution < -0.4 is 10.6 Å². The fraction of sp³-hybridized carbons (Fsp3) is 0.227. The number of hydrogen-bond donors (Lipinski definition) is 2. The second-order valence-corrected chi connectivity index (χ2v) is 7.53. The van der Waals surface area contributed by atoms with E-state index in [2.05, 4.69) is 15.6 Å². The average Bonchev–Trinajstić information content (AvgIpc) is 3.22. The minimum Gasteiger partial charge on any atom is -0.444 e. The van der Waals surface area contributed by atoms with Crippen LogP contribution in [0.1, 0.15) is 30.6 Å². The molecule has 150 valence electrons. The third-order valence-corrected chi connectivity index (χ3v) is 4.53. The van der Waals surface area contributed by atoms with Crippen molar-refractivity contribution in [3.63, 3.8) is 0 Å². The summed E-state index contributed by atoms with van der Waals surface area (Å²) in [5, 5.41) is 6.25. The molecule has 0 saturated heterocycles. The highest BCUT2D eigenvalue weighted by atomic mass is 35.5. The Hall–Kier alpha value is -3.12. The molecule has 0 spiro atoms. The van der Waals surface area contributed by atoms with Gasteiger partial charge in [0.1, 0.15) is 6.04 Å². The predicted molar refractivity (Wildman–Crippen MR) is 113 cm³/mol. The van der Waals surface area contributed by atoms with Crippen LogP contribution in [0.15, 0.2) is 65.5 Å². The Morgan fingerprint density at radius 3 is 2.55 bits per heavy atom. The van der Waals surface area contributed by atoms with Crippen molar-refractivity contribution in [3.8, 4) is 11.3 Å². The second-order valence-electron chi connectivity index (χ2n) is 7.10. The number of nitrogens with one attached hydrogen (secondary N) is 2. The van der Waals surface area contributed by atoms with Crippen molar-refractivity contribution < 1.29 is 14.0 Å². The number of nitrogens with zero attached hydrogens (tertiary/aromatic N) is 1. The first-order valence-corrected chi connectivity index (χ1v) is 9.66. The summed E-state index contributed by atoms with van der Waals surface area (Å²) >= 11 is 5.87. The van der Waals surface area contributed by atoms with Gasteiger partial charge in [-0.1, -0.05) is 37.6 Å². The number of hydrogen-bond acceptors (Lipinski definition) is 4. The Morgan fingerprint density at radius 1 is 1.14 bits per heavy atom. The highest BCUT2D eigenvalue weighted by molar-refractivity contribution is 6.30. The zero-order valence-electron chi connectivity index (χ0n) is 16.2. The van der Waals surface area contributed by atoms with Gasteiger partial charge in [-0.25, -0.2) is 4.98 Å². The van der Waals surface area contributed by atoms with Gasteiger partial charge in [0.05, 0.1) is 6.20 Å². The first-order chi connectivity index (χ1) is 13.9. The molecule has 1 aromatic heterocycles. The molecule has 2 aromatic carbocycles. The van der Waals surface area contributed by atoms with E-state index in [4.69, 9.17) is 16.0 Å². The van der Waals surface area contributed by atoms with Crippen LogP contribution in [0.5, 0.6) is 0 Å². The van der Waals surface area contributed by atoms with Gasteiger partial charge in [0.15, 0.2) is 12.2 Å². The molecular formula is C22H22ClN3O3. The van der Waals surface area contributed by atoms with Crippen LogP contribution in [0.4, 0.5) is 5.69 Å². The van der Waals surface area contributed by atoms with Crippen molar-refractivity contribution >= 4 is 29.1 Å². The molecule has 2 N–H and O–H groups in total. The van der Waals surface area contributed by atoms with Crippen LogP contribution in [0.3, 0.4) is 0 Å². The summed E-state index contributed by atoms with van der Waals surface area (Å²) in [6.07, 6.45) is 3.47. The average molecular weight is 412 g/mol. The van der Waals surface area contributed by atoms with E-state index in [9.17, 15) is 9.59 Å². The third-order valence-electron chi connectivity index (χ3n) is 4.28. The number of rotatable bonds is 7. The Kier molecular flexibility index (Phi) is 6.67. The van der Waals surface area contributed by atoms with Gasteiger partial charge in [-0.15, -0.1) is 0 Å². The standard InChI is InChI=1S/C22H22ClN3O3/c1-14(2)10-19(26-21(27)15-6-8-17(23)9-7-15)22(28)25-18-5-3-4-16(11-18)20-12-24-13-29-20/h3-9,11-14,19H,10H2,1-2H3,(H,25,28)(H,26,27). The van der Waals surface area contributed by atoms with Crippen molar-refractivity contribution in [2.24, 2.45) is 5.92 Å². The summed E-state index contributed by atoms with van der Waals surface area (Å²) in [7, 11) is 0. The number of carbonyl (C=O) groups is 2. The molecule has 3 aromatic rings. The molecule has 0 aliphatic carbocycles. The molecule has 0 radical (unpaired) electrons. The van der Waals surface area contributed by atoms with Gasteiger partial charge in [0, 0.05) is 21.8 Å². The lowest BCUT2D eigenvalue weighted by atomic mass is 10.0. The molecule has 0 aliphatic rings. The molecule has 2 amide bonds. The van der Waals surface area contributed by atoms with E-state index >= 15 is 0 Å². The fourth-order valence-electron chi connectivity index (χ4n) is 2.88. The molecule has 6 nitrogen and oxygen atoms in total. The Morgan fingerprint density at radius 2 is 1.90 bits per heavy atom. The first kappa shape index (κ1) is 20.6. The van der Waals surface area contributed by atoms with Gasteiger partial charge >= 0.3 is 0 Å². The number of benzene rings is 2. The van der Waals surface area contributed by atoms with Crippen molar-refractivity contribution in [1.29, 1.82) is 0 Å². The van der Waals surface area contributed by atoms with Crippen molar-refractivity contribution in [3.05, 3.63) is 71.7 Å². The number of carbonyl (C=O) groups excluding carboxylic acids is 2. The number of aromatic nitrogens is 1. The Labute approximate surface area is 174 Å². The minimum absolute atomic E-state index is 0.219. The summed E-state index contributed by atoms with van der Waals surface area (Å²) in [4.78, 5) is 29.4. The SMILES string of the molecule is CC(C)CC(NC(=O)c1ccc(Cl)cc1)C(=O)Nc1cccc(-c2cnco2)c1. The lowest BCUT2D eigenvalue weighted by molar-refractivity contribution is -0.118. The van der Waals surface area contributed by atoms with Gasteiger partial charge < -0.3 is 15.1 Å². The minimum atomic E-state index is -0.674. The molecule has 0 saturated carbocycles. The maximum absolute atomic E-state index is 12.9. The largest absolute Gasteiger partial charge is 0.444 e. The lowest BCUT2D eigenvalue weighted by Crippen LogP contribution is -2.44. The van der Waals surface area contributed by atoms with Crippen molar-refractivity contribution in [2.45, 2.75) is 26.3 Å². The molecule has 1 heterocycles. The van der Waals surface area contributed by atoms with E-state index in [-0.39, 0.29) is 17.7 Å². The topological polar surface area (TPSA) is 84.2 Å². The van der Waals surface area contributed by atoms with Crippen LogP contribution in [-0.2, 0) is 4.79 Å². The summed E-state index contributed by atoms with van der Waals surface area (Å²) in [6, 6.07) is 13.1. The highest BCUT2D eigenvalue weighted by Gasteiger charge is 2.23. The van der Waals surface area contributed by atoms with Crippen LogP contribution >= 0.6 is 11.6 Å².